The molecule has 1 N–H and O–H groups in total. The minimum absolute atomic E-state index is 0.173. The van der Waals surface area contributed by atoms with Crippen molar-refractivity contribution in [2.75, 3.05) is 7.11 Å². The number of halogens is 1. The standard InChI is InChI=1S/C12H10ClNO4/c1-17-10-3-2-7(4-9(10)13)12-14-8(6-18-12)5-11(15)16/h2-4,6H,5H2,1H3,(H,15,16). The van der Waals surface area contributed by atoms with Crippen LogP contribution in [0.2, 0.25) is 5.02 Å². The van der Waals surface area contributed by atoms with Gasteiger partial charge in [0.1, 0.15) is 12.0 Å². The van der Waals surface area contributed by atoms with E-state index in [1.54, 1.807) is 18.2 Å². The number of carboxylic acid groups (broad SMARTS) is 1. The van der Waals surface area contributed by atoms with Crippen molar-refractivity contribution < 1.29 is 19.1 Å². The lowest BCUT2D eigenvalue weighted by Gasteiger charge is -2.03. The Labute approximate surface area is 108 Å². The van der Waals surface area contributed by atoms with Crippen LogP contribution in [-0.2, 0) is 11.2 Å². The van der Waals surface area contributed by atoms with Crippen LogP contribution >= 0.6 is 11.6 Å². The molecule has 94 valence electrons. The Morgan fingerprint density at radius 3 is 2.94 bits per heavy atom. The predicted molar refractivity (Wildman–Crippen MR) is 64.8 cm³/mol. The molecule has 0 atom stereocenters. The number of hydrogen-bond donors (Lipinski definition) is 1. The summed E-state index contributed by atoms with van der Waals surface area (Å²) in [4.78, 5) is 14.6. The SMILES string of the molecule is COc1ccc(-c2nc(CC(=O)O)co2)cc1Cl. The average molecular weight is 268 g/mol. The highest BCUT2D eigenvalue weighted by molar-refractivity contribution is 6.32. The molecule has 0 aliphatic heterocycles. The van der Waals surface area contributed by atoms with E-state index in [9.17, 15) is 4.79 Å². The third-order valence-corrected chi connectivity index (χ3v) is 2.58. The lowest BCUT2D eigenvalue weighted by Crippen LogP contribution is -1.99. The zero-order valence-corrected chi connectivity index (χ0v) is 10.3. The zero-order chi connectivity index (χ0) is 13.1. The Balaban J connectivity index is 2.28. The van der Waals surface area contributed by atoms with Gasteiger partial charge in [-0.05, 0) is 18.2 Å². The van der Waals surface area contributed by atoms with Gasteiger partial charge < -0.3 is 14.3 Å². The van der Waals surface area contributed by atoms with Crippen LogP contribution < -0.4 is 4.74 Å². The zero-order valence-electron chi connectivity index (χ0n) is 9.51. The largest absolute Gasteiger partial charge is 0.495 e. The van der Waals surface area contributed by atoms with Gasteiger partial charge in [0.25, 0.3) is 0 Å². The summed E-state index contributed by atoms with van der Waals surface area (Å²) in [5.74, 6) is -0.0730. The first-order chi connectivity index (χ1) is 8.60. The van der Waals surface area contributed by atoms with E-state index in [2.05, 4.69) is 4.98 Å². The number of methoxy groups -OCH3 is 1. The van der Waals surface area contributed by atoms with Crippen LogP contribution in [0, 0.1) is 0 Å². The summed E-state index contributed by atoms with van der Waals surface area (Å²) < 4.78 is 10.2. The van der Waals surface area contributed by atoms with E-state index in [1.165, 1.54) is 13.4 Å². The molecule has 0 saturated carbocycles. The first-order valence-electron chi connectivity index (χ1n) is 5.10. The van der Waals surface area contributed by atoms with E-state index < -0.39 is 5.97 Å². The van der Waals surface area contributed by atoms with Crippen molar-refractivity contribution in [2.24, 2.45) is 0 Å². The molecule has 2 rings (SSSR count). The maximum Gasteiger partial charge on any atom is 0.309 e. The summed E-state index contributed by atoms with van der Waals surface area (Å²) in [5, 5.41) is 9.08. The summed E-state index contributed by atoms with van der Waals surface area (Å²) in [7, 11) is 1.52. The lowest BCUT2D eigenvalue weighted by molar-refractivity contribution is -0.136. The highest BCUT2D eigenvalue weighted by atomic mass is 35.5. The first kappa shape index (κ1) is 12.4. The van der Waals surface area contributed by atoms with Crippen LogP contribution in [0.25, 0.3) is 11.5 Å². The number of carbonyl (C=O) groups is 1. The number of ether oxygens (including phenoxy) is 1. The topological polar surface area (TPSA) is 72.6 Å². The van der Waals surface area contributed by atoms with Gasteiger partial charge in [-0.15, -0.1) is 0 Å². The Hall–Kier alpha value is -2.01. The molecular formula is C12H10ClNO4. The number of rotatable bonds is 4. The molecule has 0 bridgehead atoms. The van der Waals surface area contributed by atoms with Gasteiger partial charge in [-0.25, -0.2) is 4.98 Å². The Bertz CT molecular complexity index is 579. The summed E-state index contributed by atoms with van der Waals surface area (Å²) in [5.41, 5.74) is 1.03. The van der Waals surface area contributed by atoms with Crippen LogP contribution in [-0.4, -0.2) is 23.2 Å². The van der Waals surface area contributed by atoms with Crippen LogP contribution in [0.15, 0.2) is 28.9 Å². The van der Waals surface area contributed by atoms with Crippen LogP contribution in [0.5, 0.6) is 5.75 Å². The molecule has 5 nitrogen and oxygen atoms in total. The maximum absolute atomic E-state index is 10.5. The average Bonchev–Trinajstić information content (AvgIpc) is 2.76. The number of hydrogen-bond acceptors (Lipinski definition) is 4. The third kappa shape index (κ3) is 2.62. The quantitative estimate of drug-likeness (QED) is 0.922. The van der Waals surface area contributed by atoms with E-state index in [0.29, 0.717) is 27.9 Å². The van der Waals surface area contributed by atoms with Crippen molar-refractivity contribution >= 4 is 17.6 Å². The fourth-order valence-corrected chi connectivity index (χ4v) is 1.73. The summed E-state index contributed by atoms with van der Waals surface area (Å²) in [6.45, 7) is 0. The molecule has 0 amide bonds. The van der Waals surface area contributed by atoms with Crippen molar-refractivity contribution in [3.63, 3.8) is 0 Å². The second kappa shape index (κ2) is 5.10. The fraction of sp³-hybridized carbons (Fsp3) is 0.167. The molecule has 1 aromatic carbocycles. The van der Waals surface area contributed by atoms with Crippen LogP contribution in [0.3, 0.4) is 0 Å². The van der Waals surface area contributed by atoms with Gasteiger partial charge in [-0.2, -0.15) is 0 Å². The molecule has 18 heavy (non-hydrogen) atoms. The molecule has 1 heterocycles. The van der Waals surface area contributed by atoms with Gasteiger partial charge in [0.15, 0.2) is 0 Å². The molecule has 0 saturated heterocycles. The summed E-state index contributed by atoms with van der Waals surface area (Å²) in [6.07, 6.45) is 1.15. The molecule has 6 heteroatoms. The number of carboxylic acids is 1. The number of benzene rings is 1. The summed E-state index contributed by atoms with van der Waals surface area (Å²) in [6, 6.07) is 5.08. The fourth-order valence-electron chi connectivity index (χ4n) is 1.48. The second-order valence-corrected chi connectivity index (χ2v) is 3.97. The monoisotopic (exact) mass is 267 g/mol. The van der Waals surface area contributed by atoms with E-state index in [4.69, 9.17) is 25.9 Å². The first-order valence-corrected chi connectivity index (χ1v) is 5.48. The van der Waals surface area contributed by atoms with Crippen molar-refractivity contribution in [1.82, 2.24) is 4.98 Å². The molecule has 0 spiro atoms. The van der Waals surface area contributed by atoms with Gasteiger partial charge in [-0.1, -0.05) is 11.6 Å². The molecular weight excluding hydrogens is 258 g/mol. The van der Waals surface area contributed by atoms with Gasteiger partial charge in [0.2, 0.25) is 5.89 Å². The molecule has 0 aliphatic rings. The number of oxazole rings is 1. The Morgan fingerprint density at radius 1 is 1.56 bits per heavy atom. The van der Waals surface area contributed by atoms with Crippen LogP contribution in [0.4, 0.5) is 0 Å². The Morgan fingerprint density at radius 2 is 2.33 bits per heavy atom. The van der Waals surface area contributed by atoms with Gasteiger partial charge in [-0.3, -0.25) is 4.79 Å². The number of aliphatic carboxylic acids is 1. The molecule has 2 aromatic rings. The van der Waals surface area contributed by atoms with E-state index >= 15 is 0 Å². The highest BCUT2D eigenvalue weighted by Gasteiger charge is 2.11. The van der Waals surface area contributed by atoms with Crippen molar-refractivity contribution in [1.29, 1.82) is 0 Å². The lowest BCUT2D eigenvalue weighted by atomic mass is 10.2. The van der Waals surface area contributed by atoms with Crippen molar-refractivity contribution in [3.05, 3.63) is 35.2 Å². The van der Waals surface area contributed by atoms with Crippen molar-refractivity contribution in [3.8, 4) is 17.2 Å². The number of nitrogens with zero attached hydrogens (tertiary/aromatic N) is 1. The van der Waals surface area contributed by atoms with E-state index in [1.807, 2.05) is 0 Å². The van der Waals surface area contributed by atoms with Gasteiger partial charge in [0.05, 0.1) is 24.2 Å². The van der Waals surface area contributed by atoms with Crippen LogP contribution in [0.1, 0.15) is 5.69 Å². The minimum Gasteiger partial charge on any atom is -0.495 e. The second-order valence-electron chi connectivity index (χ2n) is 3.56. The molecule has 0 fully saturated rings. The molecule has 1 aromatic heterocycles. The number of aromatic nitrogens is 1. The maximum atomic E-state index is 10.5. The predicted octanol–water partition coefficient (Wildman–Crippen LogP) is 2.63. The smallest absolute Gasteiger partial charge is 0.309 e. The summed E-state index contributed by atoms with van der Waals surface area (Å²) >= 11 is 5.98. The van der Waals surface area contributed by atoms with Gasteiger partial charge >= 0.3 is 5.97 Å². The third-order valence-electron chi connectivity index (χ3n) is 2.28. The molecule has 0 unspecified atom stereocenters. The van der Waals surface area contributed by atoms with E-state index in [0.717, 1.165) is 0 Å². The highest BCUT2D eigenvalue weighted by Crippen LogP contribution is 2.29. The molecule has 0 radical (unpaired) electrons. The Kier molecular flexibility index (Phi) is 3.53. The van der Waals surface area contributed by atoms with Crippen molar-refractivity contribution in [2.45, 2.75) is 6.42 Å². The van der Waals surface area contributed by atoms with Gasteiger partial charge in [0, 0.05) is 5.56 Å². The minimum atomic E-state index is -0.956. The molecule has 0 aliphatic carbocycles. The van der Waals surface area contributed by atoms with E-state index in [-0.39, 0.29) is 6.42 Å². The normalized spacial score (nSPS) is 10.3.